The third-order valence-corrected chi connectivity index (χ3v) is 3.98. The van der Waals surface area contributed by atoms with Crippen molar-refractivity contribution in [3.05, 3.63) is 71.8 Å². The first-order valence-corrected chi connectivity index (χ1v) is 9.05. The number of carbonyl (C=O) groups is 2. The lowest BCUT2D eigenvalue weighted by molar-refractivity contribution is -0.119. The van der Waals surface area contributed by atoms with E-state index in [0.29, 0.717) is 11.3 Å². The van der Waals surface area contributed by atoms with Crippen molar-refractivity contribution < 1.29 is 19.1 Å². The Morgan fingerprint density at radius 1 is 1.03 bits per heavy atom. The number of amides is 1. The van der Waals surface area contributed by atoms with Crippen LogP contribution >= 0.6 is 0 Å². The Labute approximate surface area is 170 Å². The van der Waals surface area contributed by atoms with Gasteiger partial charge in [0.15, 0.2) is 0 Å². The van der Waals surface area contributed by atoms with Crippen LogP contribution in [0.25, 0.3) is 6.08 Å². The number of benzene rings is 2. The van der Waals surface area contributed by atoms with E-state index in [-0.39, 0.29) is 0 Å². The van der Waals surface area contributed by atoms with E-state index in [4.69, 9.17) is 9.47 Å². The summed E-state index contributed by atoms with van der Waals surface area (Å²) < 4.78 is 10.4. The van der Waals surface area contributed by atoms with Crippen LogP contribution < -0.4 is 10.1 Å². The van der Waals surface area contributed by atoms with E-state index in [2.05, 4.69) is 5.32 Å². The molecule has 0 aliphatic rings. The summed E-state index contributed by atoms with van der Waals surface area (Å²) in [6, 6.07) is 17.4. The zero-order valence-electron chi connectivity index (χ0n) is 16.9. The lowest BCUT2D eigenvalue weighted by Gasteiger charge is -2.28. The molecule has 150 valence electrons. The summed E-state index contributed by atoms with van der Waals surface area (Å²) in [6.45, 7) is 5.11. The first-order valence-electron chi connectivity index (χ1n) is 9.05. The highest BCUT2D eigenvalue weighted by molar-refractivity contribution is 6.05. The van der Waals surface area contributed by atoms with Gasteiger partial charge in [0.05, 0.1) is 7.11 Å². The molecule has 2 rings (SSSR count). The normalized spacial score (nSPS) is 13.2. The van der Waals surface area contributed by atoms with E-state index >= 15 is 0 Å². The van der Waals surface area contributed by atoms with Crippen molar-refractivity contribution in [3.8, 4) is 11.8 Å². The monoisotopic (exact) mass is 392 g/mol. The van der Waals surface area contributed by atoms with Gasteiger partial charge in [0.1, 0.15) is 17.4 Å². The van der Waals surface area contributed by atoms with Crippen molar-refractivity contribution in [1.82, 2.24) is 5.32 Å². The van der Waals surface area contributed by atoms with Crippen molar-refractivity contribution in [2.75, 3.05) is 7.11 Å². The van der Waals surface area contributed by atoms with Gasteiger partial charge in [-0.05, 0) is 50.1 Å². The van der Waals surface area contributed by atoms with Crippen LogP contribution in [0.3, 0.4) is 0 Å². The first-order chi connectivity index (χ1) is 13.7. The molecule has 0 heterocycles. The molecule has 0 saturated carbocycles. The Morgan fingerprint density at radius 3 is 2.17 bits per heavy atom. The number of hydrogen-bond donors (Lipinski definition) is 1. The summed E-state index contributed by atoms with van der Waals surface area (Å²) in [7, 11) is 1.57. The lowest BCUT2D eigenvalue weighted by atomic mass is 9.86. The van der Waals surface area contributed by atoms with Gasteiger partial charge >= 0.3 is 6.09 Å². The van der Waals surface area contributed by atoms with Gasteiger partial charge in [-0.15, -0.1) is 0 Å². The fourth-order valence-electron chi connectivity index (χ4n) is 2.58. The molecule has 0 unspecified atom stereocenters. The minimum atomic E-state index is -1.91. The molecule has 0 aromatic heterocycles. The van der Waals surface area contributed by atoms with Gasteiger partial charge in [0, 0.05) is 0 Å². The number of rotatable bonds is 6. The van der Waals surface area contributed by atoms with Gasteiger partial charge in [-0.25, -0.2) is 4.79 Å². The van der Waals surface area contributed by atoms with Crippen LogP contribution in [0.4, 0.5) is 4.79 Å². The second-order valence-electron chi connectivity index (χ2n) is 7.33. The predicted molar refractivity (Wildman–Crippen MR) is 110 cm³/mol. The third kappa shape index (κ3) is 5.69. The fourth-order valence-corrected chi connectivity index (χ4v) is 2.58. The Kier molecular flexibility index (Phi) is 6.79. The molecule has 2 aromatic carbocycles. The Balaban J connectivity index is 2.37. The van der Waals surface area contributed by atoms with E-state index in [1.54, 1.807) is 88.6 Å². The van der Waals surface area contributed by atoms with Gasteiger partial charge in [-0.1, -0.05) is 48.5 Å². The van der Waals surface area contributed by atoms with E-state index < -0.39 is 23.0 Å². The maximum Gasteiger partial charge on any atom is 0.409 e. The summed E-state index contributed by atoms with van der Waals surface area (Å²) in [5, 5.41) is 12.4. The number of carbonyl (C=O) groups excluding carboxylic acids is 2. The molecule has 0 bridgehead atoms. The smallest absolute Gasteiger partial charge is 0.409 e. The zero-order chi connectivity index (χ0) is 21.5. The van der Waals surface area contributed by atoms with E-state index in [9.17, 15) is 14.9 Å². The van der Waals surface area contributed by atoms with Gasteiger partial charge in [-0.2, -0.15) is 5.26 Å². The van der Waals surface area contributed by atoms with Crippen LogP contribution in [-0.4, -0.2) is 24.6 Å². The van der Waals surface area contributed by atoms with Crippen LogP contribution in [0.15, 0.2) is 60.7 Å². The SMILES string of the molecule is COc1ccc(/C=C/C(=O)[C@](C#N)(NC(=O)OC(C)(C)C)c2ccccc2)cc1. The van der Waals surface area contributed by atoms with Gasteiger partial charge in [0.25, 0.3) is 0 Å². The maximum atomic E-state index is 13.1. The molecular formula is C23H24N2O4. The number of alkyl carbamates (subject to hydrolysis) is 1. The van der Waals surface area contributed by atoms with Crippen LogP contribution in [0.1, 0.15) is 31.9 Å². The molecule has 6 nitrogen and oxygen atoms in total. The molecule has 0 radical (unpaired) electrons. The quantitative estimate of drug-likeness (QED) is 0.744. The Morgan fingerprint density at radius 2 is 1.66 bits per heavy atom. The Bertz CT molecular complexity index is 922. The van der Waals surface area contributed by atoms with Crippen molar-refractivity contribution in [1.29, 1.82) is 5.26 Å². The number of nitrogens with zero attached hydrogens (tertiary/aromatic N) is 1. The van der Waals surface area contributed by atoms with Crippen molar-refractivity contribution >= 4 is 18.0 Å². The third-order valence-electron chi connectivity index (χ3n) is 3.98. The first kappa shape index (κ1) is 21.7. The van der Waals surface area contributed by atoms with Crippen molar-refractivity contribution in [2.45, 2.75) is 31.9 Å². The molecule has 0 aliphatic carbocycles. The highest BCUT2D eigenvalue weighted by atomic mass is 16.6. The molecular weight excluding hydrogens is 368 g/mol. The molecule has 1 N–H and O–H groups in total. The van der Waals surface area contributed by atoms with Gasteiger partial charge in [0.2, 0.25) is 11.3 Å². The van der Waals surface area contributed by atoms with E-state index in [1.807, 2.05) is 6.07 Å². The molecule has 0 saturated heterocycles. The number of nitrogens with one attached hydrogen (secondary N) is 1. The number of nitriles is 1. The average Bonchev–Trinajstić information content (AvgIpc) is 2.70. The highest BCUT2D eigenvalue weighted by Gasteiger charge is 2.42. The van der Waals surface area contributed by atoms with E-state index in [1.165, 1.54) is 6.08 Å². The summed E-state index contributed by atoms with van der Waals surface area (Å²) in [6.07, 6.45) is 2.00. The maximum absolute atomic E-state index is 13.1. The second kappa shape index (κ2) is 9.07. The van der Waals surface area contributed by atoms with Gasteiger partial charge < -0.3 is 9.47 Å². The summed E-state index contributed by atoms with van der Waals surface area (Å²) >= 11 is 0. The lowest BCUT2D eigenvalue weighted by Crippen LogP contribution is -2.51. The number of ketones is 1. The standard InChI is InChI=1S/C23H24N2O4/c1-22(2,3)29-21(27)25-23(16-24,18-8-6-5-7-9-18)20(26)15-12-17-10-13-19(28-4)14-11-17/h5-15H,1-4H3,(H,25,27)/b15-12+/t23-/m1/s1. The van der Waals surface area contributed by atoms with Crippen molar-refractivity contribution in [2.24, 2.45) is 0 Å². The molecule has 1 atom stereocenters. The largest absolute Gasteiger partial charge is 0.497 e. The van der Waals surface area contributed by atoms with Crippen LogP contribution in [0.5, 0.6) is 5.75 Å². The average molecular weight is 392 g/mol. The molecule has 1 amide bonds. The number of ether oxygens (including phenoxy) is 2. The topological polar surface area (TPSA) is 88.4 Å². The van der Waals surface area contributed by atoms with Crippen molar-refractivity contribution in [3.63, 3.8) is 0 Å². The van der Waals surface area contributed by atoms with Crippen LogP contribution in [0.2, 0.25) is 0 Å². The van der Waals surface area contributed by atoms with Gasteiger partial charge in [-0.3, -0.25) is 10.1 Å². The van der Waals surface area contributed by atoms with Crippen LogP contribution in [-0.2, 0) is 15.1 Å². The summed E-state index contributed by atoms with van der Waals surface area (Å²) in [5.74, 6) is 0.101. The second-order valence-corrected chi connectivity index (χ2v) is 7.33. The summed E-state index contributed by atoms with van der Waals surface area (Å²) in [5.41, 5.74) is -1.59. The Hall–Kier alpha value is -3.59. The number of methoxy groups -OCH3 is 1. The summed E-state index contributed by atoms with van der Waals surface area (Å²) in [4.78, 5) is 25.5. The molecule has 0 spiro atoms. The number of hydrogen-bond acceptors (Lipinski definition) is 5. The molecule has 0 fully saturated rings. The van der Waals surface area contributed by atoms with Crippen LogP contribution in [0, 0.1) is 11.3 Å². The predicted octanol–water partition coefficient (Wildman–Crippen LogP) is 4.22. The molecule has 2 aromatic rings. The zero-order valence-corrected chi connectivity index (χ0v) is 16.9. The minimum Gasteiger partial charge on any atom is -0.497 e. The fraction of sp³-hybridized carbons (Fsp3) is 0.261. The highest BCUT2D eigenvalue weighted by Crippen LogP contribution is 2.24. The molecule has 0 aliphatic heterocycles. The van der Waals surface area contributed by atoms with E-state index in [0.717, 1.165) is 5.56 Å². The molecule has 29 heavy (non-hydrogen) atoms. The molecule has 6 heteroatoms. The minimum absolute atomic E-state index is 0.345.